The number of rotatable bonds is 11. The van der Waals surface area contributed by atoms with Crippen LogP contribution < -0.4 is 5.32 Å². The molecule has 5 rings (SSSR count). The van der Waals surface area contributed by atoms with Crippen LogP contribution in [0.25, 0.3) is 0 Å². The number of carbonyl (C=O) groups excluding carboxylic acids is 2. The van der Waals surface area contributed by atoms with Crippen molar-refractivity contribution in [2.75, 3.05) is 11.9 Å². The lowest BCUT2D eigenvalue weighted by Gasteiger charge is -2.35. The number of carbonyl (C=O) groups is 2. The predicted octanol–water partition coefficient (Wildman–Crippen LogP) is 4.64. The molecule has 0 spiro atoms. The first-order valence-electron chi connectivity index (χ1n) is 14.9. The third-order valence-corrected chi connectivity index (χ3v) is 8.03. The van der Waals surface area contributed by atoms with Gasteiger partial charge in [-0.3, -0.25) is 10.1 Å². The summed E-state index contributed by atoms with van der Waals surface area (Å²) in [6.45, 7) is 2.68. The van der Waals surface area contributed by atoms with Crippen LogP contribution in [0.5, 0.6) is 0 Å². The molecule has 1 aliphatic rings. The van der Waals surface area contributed by atoms with Crippen molar-refractivity contribution < 1.29 is 19.8 Å². The highest BCUT2D eigenvalue weighted by Crippen LogP contribution is 2.29. The summed E-state index contributed by atoms with van der Waals surface area (Å²) in [7, 11) is 0. The Morgan fingerprint density at radius 3 is 2.05 bits per heavy atom. The second-order valence-corrected chi connectivity index (χ2v) is 11.0. The van der Waals surface area contributed by atoms with E-state index in [4.69, 9.17) is 0 Å². The molecule has 0 unspecified atom stereocenters. The average Bonchev–Trinajstić information content (AvgIpc) is 3.54. The quantitative estimate of drug-likeness (QED) is 0.206. The Hall–Kier alpha value is -4.47. The van der Waals surface area contributed by atoms with E-state index in [-0.39, 0.29) is 18.5 Å². The highest BCUT2D eigenvalue weighted by atomic mass is 16.3. The van der Waals surface area contributed by atoms with Gasteiger partial charge in [0.2, 0.25) is 5.95 Å². The van der Waals surface area contributed by atoms with E-state index >= 15 is 0 Å². The maximum absolute atomic E-state index is 14.5. The lowest BCUT2D eigenvalue weighted by molar-refractivity contribution is -0.0402. The lowest BCUT2D eigenvalue weighted by Crippen LogP contribution is -2.51. The summed E-state index contributed by atoms with van der Waals surface area (Å²) in [6.07, 6.45) is 3.24. The van der Waals surface area contributed by atoms with Crippen LogP contribution in [0.2, 0.25) is 0 Å². The number of amides is 3. The van der Waals surface area contributed by atoms with Gasteiger partial charge in [-0.05, 0) is 48.1 Å². The minimum Gasteiger partial charge on any atom is -0.388 e. The zero-order valence-corrected chi connectivity index (χ0v) is 24.3. The van der Waals surface area contributed by atoms with E-state index in [1.165, 1.54) is 0 Å². The fourth-order valence-electron chi connectivity index (χ4n) is 5.74. The highest BCUT2D eigenvalue weighted by Gasteiger charge is 2.46. The smallest absolute Gasteiger partial charge is 0.321 e. The van der Waals surface area contributed by atoms with Crippen molar-refractivity contribution >= 4 is 17.9 Å². The van der Waals surface area contributed by atoms with Gasteiger partial charge in [-0.15, -0.1) is 0 Å². The molecule has 1 saturated heterocycles. The SMILES string of the molecule is CCCCN1C(=O)N(Cc2cccc(C(=O)Nc3ncc[nH]3)c2)[C@H](Cc2ccccc2)[C@H](O)[C@@H](O)[C@H]1Cc1ccccc1. The monoisotopic (exact) mass is 581 g/mol. The number of unbranched alkanes of at least 4 members (excludes halogenated alkanes) is 1. The van der Waals surface area contributed by atoms with Gasteiger partial charge in [-0.2, -0.15) is 0 Å². The van der Waals surface area contributed by atoms with Gasteiger partial charge in [0.25, 0.3) is 5.91 Å². The second-order valence-electron chi connectivity index (χ2n) is 11.0. The van der Waals surface area contributed by atoms with E-state index in [2.05, 4.69) is 22.2 Å². The average molecular weight is 582 g/mol. The maximum atomic E-state index is 14.5. The molecule has 0 bridgehead atoms. The molecule has 9 nitrogen and oxygen atoms in total. The highest BCUT2D eigenvalue weighted by molar-refractivity contribution is 6.03. The molecule has 4 aromatic rings. The first-order valence-corrected chi connectivity index (χ1v) is 14.9. The Bertz CT molecular complexity index is 1460. The maximum Gasteiger partial charge on any atom is 0.321 e. The fraction of sp³-hybridized carbons (Fsp3) is 0.324. The lowest BCUT2D eigenvalue weighted by atomic mass is 9.91. The van der Waals surface area contributed by atoms with Gasteiger partial charge in [0.1, 0.15) is 12.2 Å². The molecule has 2 heterocycles. The number of anilines is 1. The molecule has 4 atom stereocenters. The van der Waals surface area contributed by atoms with Gasteiger partial charge in [-0.25, -0.2) is 9.78 Å². The number of nitrogens with one attached hydrogen (secondary N) is 2. The molecule has 9 heteroatoms. The Balaban J connectivity index is 1.50. The molecule has 3 aromatic carbocycles. The predicted molar refractivity (Wildman–Crippen MR) is 165 cm³/mol. The summed E-state index contributed by atoms with van der Waals surface area (Å²) in [5, 5.41) is 26.2. The van der Waals surface area contributed by atoms with Crippen LogP contribution >= 0.6 is 0 Å². The normalized spacial score (nSPS) is 20.6. The number of hydrogen-bond donors (Lipinski definition) is 4. The number of urea groups is 1. The van der Waals surface area contributed by atoms with Gasteiger partial charge in [0.05, 0.1) is 12.1 Å². The van der Waals surface area contributed by atoms with Crippen molar-refractivity contribution in [3.63, 3.8) is 0 Å². The summed E-state index contributed by atoms with van der Waals surface area (Å²) in [5.41, 5.74) is 3.08. The second kappa shape index (κ2) is 14.1. The molecule has 0 aliphatic carbocycles. The largest absolute Gasteiger partial charge is 0.388 e. The van der Waals surface area contributed by atoms with Crippen molar-refractivity contribution in [3.05, 3.63) is 120 Å². The molecule has 0 radical (unpaired) electrons. The number of benzene rings is 3. The Labute approximate surface area is 252 Å². The van der Waals surface area contributed by atoms with E-state index in [0.717, 1.165) is 29.5 Å². The van der Waals surface area contributed by atoms with Gasteiger partial charge < -0.3 is 25.0 Å². The number of nitrogens with zero attached hydrogens (tertiary/aromatic N) is 3. The Morgan fingerprint density at radius 1 is 0.860 bits per heavy atom. The molecule has 1 aliphatic heterocycles. The molecule has 1 aromatic heterocycles. The standard InChI is InChI=1S/C34H39N5O4/c1-2-3-19-38-28(21-24-11-6-4-7-12-24)30(40)31(41)29(22-25-13-8-5-9-14-25)39(34(38)43)23-26-15-10-16-27(20-26)32(42)37-33-35-17-18-36-33/h4-18,20,28-31,40-41H,2-3,19,21-23H2,1H3,(H2,35,36,37,42)/t28-,29-,30+,31+/m1/s1. The first kappa shape index (κ1) is 30.0. The number of aromatic nitrogens is 2. The third-order valence-electron chi connectivity index (χ3n) is 8.03. The summed E-state index contributed by atoms with van der Waals surface area (Å²) in [6, 6.07) is 25.0. The summed E-state index contributed by atoms with van der Waals surface area (Å²) < 4.78 is 0. The summed E-state index contributed by atoms with van der Waals surface area (Å²) in [4.78, 5) is 37.8. The van der Waals surface area contributed by atoms with Crippen LogP contribution in [0.3, 0.4) is 0 Å². The zero-order valence-electron chi connectivity index (χ0n) is 24.3. The van der Waals surface area contributed by atoms with Gasteiger partial charge >= 0.3 is 6.03 Å². The van der Waals surface area contributed by atoms with E-state index in [1.54, 1.807) is 40.4 Å². The van der Waals surface area contributed by atoms with Crippen LogP contribution in [0.4, 0.5) is 10.7 Å². The summed E-state index contributed by atoms with van der Waals surface area (Å²) >= 11 is 0. The molecule has 4 N–H and O–H groups in total. The van der Waals surface area contributed by atoms with Crippen molar-refractivity contribution in [1.29, 1.82) is 0 Å². The Morgan fingerprint density at radius 2 is 1.47 bits per heavy atom. The minimum atomic E-state index is -1.20. The number of H-pyrrole nitrogens is 1. The van der Waals surface area contributed by atoms with Crippen molar-refractivity contribution in [2.45, 2.75) is 63.4 Å². The van der Waals surface area contributed by atoms with Crippen LogP contribution in [-0.4, -0.2) is 72.8 Å². The van der Waals surface area contributed by atoms with Gasteiger partial charge in [-0.1, -0.05) is 86.1 Å². The van der Waals surface area contributed by atoms with E-state index in [0.29, 0.717) is 30.9 Å². The number of aliphatic hydroxyl groups is 2. The van der Waals surface area contributed by atoms with Crippen LogP contribution in [0, 0.1) is 0 Å². The van der Waals surface area contributed by atoms with Crippen LogP contribution in [-0.2, 0) is 19.4 Å². The van der Waals surface area contributed by atoms with Gasteiger partial charge in [0, 0.05) is 31.0 Å². The number of aromatic amines is 1. The fourth-order valence-corrected chi connectivity index (χ4v) is 5.74. The molecule has 43 heavy (non-hydrogen) atoms. The molecular weight excluding hydrogens is 542 g/mol. The van der Waals surface area contributed by atoms with E-state index in [9.17, 15) is 19.8 Å². The number of hydrogen-bond acceptors (Lipinski definition) is 5. The van der Waals surface area contributed by atoms with Crippen LogP contribution in [0.1, 0.15) is 46.8 Å². The minimum absolute atomic E-state index is 0.155. The van der Waals surface area contributed by atoms with Crippen molar-refractivity contribution in [2.24, 2.45) is 0 Å². The van der Waals surface area contributed by atoms with E-state index in [1.807, 2.05) is 66.7 Å². The van der Waals surface area contributed by atoms with E-state index < -0.39 is 24.3 Å². The molecule has 0 saturated carbocycles. The first-order chi connectivity index (χ1) is 20.9. The van der Waals surface area contributed by atoms with Crippen LogP contribution in [0.15, 0.2) is 97.3 Å². The molecule has 1 fully saturated rings. The number of imidazole rings is 1. The topological polar surface area (TPSA) is 122 Å². The van der Waals surface area contributed by atoms with Gasteiger partial charge in [0.15, 0.2) is 0 Å². The molecule has 224 valence electrons. The van der Waals surface area contributed by atoms with Crippen molar-refractivity contribution in [3.8, 4) is 0 Å². The Kier molecular flexibility index (Phi) is 9.86. The third kappa shape index (κ3) is 7.31. The summed E-state index contributed by atoms with van der Waals surface area (Å²) in [5.74, 6) is 0.0111. The molecule has 3 amide bonds. The molecular formula is C34H39N5O4. The zero-order chi connectivity index (χ0) is 30.2. The number of aliphatic hydroxyl groups excluding tert-OH is 2. The van der Waals surface area contributed by atoms with Crippen molar-refractivity contribution in [1.82, 2.24) is 19.8 Å².